The molecule has 2 aromatic carbocycles. The lowest BCUT2D eigenvalue weighted by molar-refractivity contribution is 0.153. The molecule has 0 bridgehead atoms. The molecule has 0 spiro atoms. The van der Waals surface area contributed by atoms with Crippen LogP contribution in [0, 0.1) is 5.82 Å². The Morgan fingerprint density at radius 1 is 1.24 bits per heavy atom. The van der Waals surface area contributed by atoms with Crippen molar-refractivity contribution in [3.63, 3.8) is 0 Å². The summed E-state index contributed by atoms with van der Waals surface area (Å²) in [6.45, 7) is 0. The zero-order valence-electron chi connectivity index (χ0n) is 12.1. The molecular formula is C17H18FNO2. The van der Waals surface area contributed by atoms with E-state index in [-0.39, 0.29) is 18.0 Å². The third kappa shape index (κ3) is 2.72. The van der Waals surface area contributed by atoms with Gasteiger partial charge < -0.3 is 14.8 Å². The number of rotatable bonds is 3. The maximum absolute atomic E-state index is 13.4. The van der Waals surface area contributed by atoms with E-state index < -0.39 is 0 Å². The number of benzene rings is 2. The smallest absolute Gasteiger partial charge is 0.126 e. The van der Waals surface area contributed by atoms with Crippen molar-refractivity contribution in [2.75, 3.05) is 14.2 Å². The molecule has 4 heteroatoms. The third-order valence-electron chi connectivity index (χ3n) is 3.88. The van der Waals surface area contributed by atoms with E-state index in [1.54, 1.807) is 13.2 Å². The number of ether oxygens (including phenoxy) is 2. The van der Waals surface area contributed by atoms with E-state index in [1.165, 1.54) is 12.1 Å². The Balaban J connectivity index is 1.95. The first-order chi connectivity index (χ1) is 10.2. The van der Waals surface area contributed by atoms with Gasteiger partial charge >= 0.3 is 0 Å². The van der Waals surface area contributed by atoms with E-state index in [9.17, 15) is 4.39 Å². The molecule has 0 aromatic heterocycles. The lowest BCUT2D eigenvalue weighted by Gasteiger charge is -2.32. The van der Waals surface area contributed by atoms with Crippen LogP contribution in [0.3, 0.4) is 0 Å². The second-order valence-corrected chi connectivity index (χ2v) is 5.14. The predicted molar refractivity (Wildman–Crippen MR) is 79.2 cm³/mol. The molecule has 0 amide bonds. The number of methoxy groups -OCH3 is 1. The van der Waals surface area contributed by atoms with Crippen molar-refractivity contribution in [3.05, 3.63) is 59.4 Å². The summed E-state index contributed by atoms with van der Waals surface area (Å²) < 4.78 is 24.7. The minimum Gasteiger partial charge on any atom is -0.497 e. The second-order valence-electron chi connectivity index (χ2n) is 5.14. The van der Waals surface area contributed by atoms with Gasteiger partial charge in [0.1, 0.15) is 23.4 Å². The number of hydrogen-bond donors (Lipinski definition) is 1. The van der Waals surface area contributed by atoms with Crippen molar-refractivity contribution in [1.82, 2.24) is 5.32 Å². The molecule has 2 unspecified atom stereocenters. The van der Waals surface area contributed by atoms with E-state index in [2.05, 4.69) is 5.32 Å². The van der Waals surface area contributed by atoms with E-state index in [1.807, 2.05) is 31.3 Å². The Bertz CT molecular complexity index is 644. The normalized spacial score (nSPS) is 20.5. The molecule has 1 aliphatic rings. The second kappa shape index (κ2) is 5.74. The van der Waals surface area contributed by atoms with Gasteiger partial charge in [0, 0.05) is 18.0 Å². The van der Waals surface area contributed by atoms with E-state index >= 15 is 0 Å². The number of hydrogen-bond acceptors (Lipinski definition) is 3. The Hall–Kier alpha value is -2.07. The van der Waals surface area contributed by atoms with Crippen molar-refractivity contribution in [1.29, 1.82) is 0 Å². The zero-order chi connectivity index (χ0) is 14.8. The van der Waals surface area contributed by atoms with Crippen LogP contribution in [-0.2, 0) is 0 Å². The quantitative estimate of drug-likeness (QED) is 0.935. The Morgan fingerprint density at radius 2 is 2.10 bits per heavy atom. The highest BCUT2D eigenvalue weighted by molar-refractivity contribution is 5.44. The fraction of sp³-hybridized carbons (Fsp3) is 0.294. The Kier molecular flexibility index (Phi) is 3.80. The highest BCUT2D eigenvalue weighted by Gasteiger charge is 2.29. The molecular weight excluding hydrogens is 269 g/mol. The monoisotopic (exact) mass is 287 g/mol. The van der Waals surface area contributed by atoms with Crippen LogP contribution >= 0.6 is 0 Å². The van der Waals surface area contributed by atoms with Gasteiger partial charge in [0.05, 0.1) is 7.11 Å². The molecule has 3 rings (SSSR count). The summed E-state index contributed by atoms with van der Waals surface area (Å²) in [6, 6.07) is 12.5. The summed E-state index contributed by atoms with van der Waals surface area (Å²) in [7, 11) is 3.57. The van der Waals surface area contributed by atoms with E-state index in [0.717, 1.165) is 29.0 Å². The average Bonchev–Trinajstić information content (AvgIpc) is 2.53. The van der Waals surface area contributed by atoms with Crippen LogP contribution in [0.2, 0.25) is 0 Å². The van der Waals surface area contributed by atoms with Crippen molar-refractivity contribution >= 4 is 0 Å². The Labute approximate surface area is 123 Å². The van der Waals surface area contributed by atoms with Crippen molar-refractivity contribution in [2.45, 2.75) is 18.6 Å². The molecule has 1 heterocycles. The highest BCUT2D eigenvalue weighted by Crippen LogP contribution is 2.42. The van der Waals surface area contributed by atoms with Crippen molar-refractivity contribution in [3.8, 4) is 11.5 Å². The highest BCUT2D eigenvalue weighted by atomic mass is 19.1. The minimum atomic E-state index is -0.238. The maximum atomic E-state index is 13.4. The van der Waals surface area contributed by atoms with Gasteiger partial charge in [0.15, 0.2) is 0 Å². The molecule has 0 aliphatic carbocycles. The van der Waals surface area contributed by atoms with Gasteiger partial charge in [0.2, 0.25) is 0 Å². The van der Waals surface area contributed by atoms with Crippen LogP contribution in [0.4, 0.5) is 4.39 Å². The summed E-state index contributed by atoms with van der Waals surface area (Å²) >= 11 is 0. The number of nitrogens with one attached hydrogen (secondary N) is 1. The van der Waals surface area contributed by atoms with Gasteiger partial charge in [-0.3, -0.25) is 0 Å². The summed E-state index contributed by atoms with van der Waals surface area (Å²) in [5, 5.41) is 3.30. The van der Waals surface area contributed by atoms with Gasteiger partial charge in [-0.1, -0.05) is 12.1 Å². The predicted octanol–water partition coefficient (Wildman–Crippen LogP) is 3.62. The van der Waals surface area contributed by atoms with E-state index in [4.69, 9.17) is 9.47 Å². The van der Waals surface area contributed by atoms with Gasteiger partial charge in [0.25, 0.3) is 0 Å². The van der Waals surface area contributed by atoms with Crippen molar-refractivity contribution in [2.24, 2.45) is 0 Å². The first-order valence-electron chi connectivity index (χ1n) is 6.98. The molecule has 21 heavy (non-hydrogen) atoms. The van der Waals surface area contributed by atoms with Gasteiger partial charge in [-0.05, 0) is 42.9 Å². The average molecular weight is 287 g/mol. The molecule has 0 saturated heterocycles. The van der Waals surface area contributed by atoms with Crippen LogP contribution in [0.25, 0.3) is 0 Å². The largest absolute Gasteiger partial charge is 0.497 e. The molecule has 2 atom stereocenters. The molecule has 3 nitrogen and oxygen atoms in total. The minimum absolute atomic E-state index is 0.150. The molecule has 1 aliphatic heterocycles. The molecule has 0 radical (unpaired) electrons. The fourth-order valence-corrected chi connectivity index (χ4v) is 2.76. The van der Waals surface area contributed by atoms with Crippen LogP contribution in [0.1, 0.15) is 29.7 Å². The standard InChI is InChI=1S/C17H18FNO2/c1-19-15-10-17(11-4-3-5-12(18)8-11)21-16-7-6-13(20-2)9-14(15)16/h3-9,15,17,19H,10H2,1-2H3. The van der Waals surface area contributed by atoms with Gasteiger partial charge in [-0.15, -0.1) is 0 Å². The first-order valence-corrected chi connectivity index (χ1v) is 6.98. The molecule has 0 fully saturated rings. The van der Waals surface area contributed by atoms with Crippen LogP contribution < -0.4 is 14.8 Å². The zero-order valence-corrected chi connectivity index (χ0v) is 12.1. The fourth-order valence-electron chi connectivity index (χ4n) is 2.76. The molecule has 2 aromatic rings. The molecule has 110 valence electrons. The summed E-state index contributed by atoms with van der Waals surface area (Å²) in [4.78, 5) is 0. The number of fused-ring (bicyclic) bond motifs is 1. The Morgan fingerprint density at radius 3 is 2.81 bits per heavy atom. The molecule has 0 saturated carbocycles. The van der Waals surface area contributed by atoms with Crippen LogP contribution in [0.15, 0.2) is 42.5 Å². The van der Waals surface area contributed by atoms with E-state index in [0.29, 0.717) is 0 Å². The summed E-state index contributed by atoms with van der Waals surface area (Å²) in [5.41, 5.74) is 1.93. The first kappa shape index (κ1) is 13.9. The third-order valence-corrected chi connectivity index (χ3v) is 3.88. The summed E-state index contributed by atoms with van der Waals surface area (Å²) in [5.74, 6) is 1.38. The van der Waals surface area contributed by atoms with Crippen LogP contribution in [-0.4, -0.2) is 14.2 Å². The number of halogens is 1. The lowest BCUT2D eigenvalue weighted by Crippen LogP contribution is -2.26. The van der Waals surface area contributed by atoms with Crippen molar-refractivity contribution < 1.29 is 13.9 Å². The SMILES string of the molecule is CNC1CC(c2cccc(F)c2)Oc2ccc(OC)cc21. The van der Waals surface area contributed by atoms with Gasteiger partial charge in [-0.25, -0.2) is 4.39 Å². The van der Waals surface area contributed by atoms with Crippen LogP contribution in [0.5, 0.6) is 11.5 Å². The molecule has 1 N–H and O–H groups in total. The maximum Gasteiger partial charge on any atom is 0.126 e. The van der Waals surface area contributed by atoms with Gasteiger partial charge in [-0.2, -0.15) is 0 Å². The topological polar surface area (TPSA) is 30.5 Å². The lowest BCUT2D eigenvalue weighted by atomic mass is 9.93. The summed E-state index contributed by atoms with van der Waals surface area (Å²) in [6.07, 6.45) is 0.596.